The monoisotopic (exact) mass is 270 g/mol. The molecule has 0 aliphatic rings. The molecule has 1 rings (SSSR count). The van der Waals surface area contributed by atoms with Gasteiger partial charge in [0.25, 0.3) is 0 Å². The van der Waals surface area contributed by atoms with Gasteiger partial charge < -0.3 is 17.3 Å². The topological polar surface area (TPSA) is 34.6 Å². The van der Waals surface area contributed by atoms with Gasteiger partial charge in [-0.15, -0.1) is 4.68 Å². The molecule has 0 saturated carbocycles. The summed E-state index contributed by atoms with van der Waals surface area (Å²) in [6, 6.07) is 0. The van der Waals surface area contributed by atoms with Crippen LogP contribution in [0.1, 0.15) is 46.4 Å². The summed E-state index contributed by atoms with van der Waals surface area (Å²) in [7, 11) is -4.06. The van der Waals surface area contributed by atoms with Gasteiger partial charge in [0.05, 0.1) is 17.4 Å². The summed E-state index contributed by atoms with van der Waals surface area (Å²) < 4.78 is 40.8. The van der Waals surface area contributed by atoms with E-state index in [2.05, 4.69) is 44.9 Å². The van der Waals surface area contributed by atoms with Gasteiger partial charge in [0.1, 0.15) is 5.54 Å². The molecule has 0 saturated heterocycles. The molecule has 0 N–H and O–H groups in total. The highest BCUT2D eigenvalue weighted by molar-refractivity contribution is 6.50. The first kappa shape index (κ1) is 16.9. The Bertz CT molecular complexity index is 375. The van der Waals surface area contributed by atoms with E-state index < -0.39 is 7.25 Å². The Morgan fingerprint density at radius 1 is 1.17 bits per heavy atom. The number of halogens is 4. The summed E-state index contributed by atoms with van der Waals surface area (Å²) in [5.41, 5.74) is -0.0368. The summed E-state index contributed by atoms with van der Waals surface area (Å²) in [5, 5.41) is 8.77. The molecule has 4 nitrogen and oxygen atoms in total. The zero-order valence-electron chi connectivity index (χ0n) is 11.5. The molecule has 9 heteroatoms. The van der Waals surface area contributed by atoms with Crippen LogP contribution in [0, 0.1) is 0 Å². The molecule has 0 amide bonds. The lowest BCUT2D eigenvalue weighted by atomic mass is 10.1. The quantitative estimate of drug-likeness (QED) is 0.445. The fourth-order valence-corrected chi connectivity index (χ4v) is 1.13. The molecule has 18 heavy (non-hydrogen) atoms. The van der Waals surface area contributed by atoms with E-state index in [-0.39, 0.29) is 5.54 Å². The Morgan fingerprint density at radius 3 is 1.72 bits per heavy atom. The van der Waals surface area contributed by atoms with E-state index in [0.717, 1.165) is 5.82 Å². The lowest BCUT2D eigenvalue weighted by molar-refractivity contribution is -0.741. The zero-order chi connectivity index (χ0) is 14.7. The van der Waals surface area contributed by atoms with Gasteiger partial charge >= 0.3 is 13.1 Å². The molecular weight excluding hydrogens is 251 g/mol. The molecule has 1 heterocycles. The normalized spacial score (nSPS) is 12.4. The SMILES string of the molecule is CC(C)c1nn(C(C)(C)C)n[n+]1C.F[B-](F)(F)F. The average Bonchev–Trinajstić information content (AvgIpc) is 2.42. The smallest absolute Gasteiger partial charge is 0.418 e. The van der Waals surface area contributed by atoms with Crippen LogP contribution in [0.5, 0.6) is 0 Å². The maximum Gasteiger partial charge on any atom is 0.673 e. The fourth-order valence-electron chi connectivity index (χ4n) is 1.13. The maximum atomic E-state index is 9.75. The molecule has 1 aromatic rings. The van der Waals surface area contributed by atoms with Crippen LogP contribution in [-0.2, 0) is 12.6 Å². The Kier molecular flexibility index (Phi) is 5.30. The minimum Gasteiger partial charge on any atom is -0.418 e. The Hall–Kier alpha value is -1.15. The van der Waals surface area contributed by atoms with Gasteiger partial charge in [0, 0.05) is 5.92 Å². The van der Waals surface area contributed by atoms with E-state index in [9.17, 15) is 17.3 Å². The molecule has 0 unspecified atom stereocenters. The fraction of sp³-hybridized carbons (Fsp3) is 0.889. The van der Waals surface area contributed by atoms with Crippen molar-refractivity contribution in [3.05, 3.63) is 5.82 Å². The number of rotatable bonds is 1. The number of aromatic nitrogens is 4. The summed E-state index contributed by atoms with van der Waals surface area (Å²) in [6.07, 6.45) is 0. The van der Waals surface area contributed by atoms with Crippen molar-refractivity contribution in [1.82, 2.24) is 15.1 Å². The third kappa shape index (κ3) is 6.56. The van der Waals surface area contributed by atoms with Crippen molar-refractivity contribution in [1.29, 1.82) is 0 Å². The van der Waals surface area contributed by atoms with Crippen molar-refractivity contribution in [2.45, 2.75) is 46.1 Å². The predicted molar refractivity (Wildman–Crippen MR) is 60.5 cm³/mol. The van der Waals surface area contributed by atoms with Crippen LogP contribution in [0.4, 0.5) is 17.3 Å². The molecule has 0 bridgehead atoms. The highest BCUT2D eigenvalue weighted by Crippen LogP contribution is 2.11. The van der Waals surface area contributed by atoms with E-state index in [4.69, 9.17) is 0 Å². The number of aryl methyl sites for hydroxylation is 1. The minimum atomic E-state index is -6.00. The van der Waals surface area contributed by atoms with Crippen molar-refractivity contribution in [2.75, 3.05) is 0 Å². The first-order valence-electron chi connectivity index (χ1n) is 5.53. The molecule has 0 aliphatic heterocycles. The van der Waals surface area contributed by atoms with Crippen molar-refractivity contribution in [3.63, 3.8) is 0 Å². The van der Waals surface area contributed by atoms with Gasteiger partial charge in [-0.1, -0.05) is 13.8 Å². The Morgan fingerprint density at radius 2 is 1.56 bits per heavy atom. The molecule has 106 valence electrons. The summed E-state index contributed by atoms with van der Waals surface area (Å²) in [6.45, 7) is 10.5. The van der Waals surface area contributed by atoms with Crippen LogP contribution in [-0.4, -0.2) is 22.4 Å². The molecule has 1 aromatic heterocycles. The summed E-state index contributed by atoms with van der Waals surface area (Å²) in [5.74, 6) is 1.44. The van der Waals surface area contributed by atoms with Crippen LogP contribution in [0.15, 0.2) is 0 Å². The molecule has 0 spiro atoms. The van der Waals surface area contributed by atoms with Crippen molar-refractivity contribution in [3.8, 4) is 0 Å². The highest BCUT2D eigenvalue weighted by Gasteiger charge is 2.27. The van der Waals surface area contributed by atoms with Gasteiger partial charge in [-0.2, -0.15) is 0 Å². The van der Waals surface area contributed by atoms with E-state index in [1.54, 1.807) is 4.80 Å². The Labute approximate surface area is 104 Å². The second kappa shape index (κ2) is 5.66. The standard InChI is InChI=1S/C9H19N4.BF4/c1-7(2)8-10-13(9(3,4)5)11-12(8)6;2-1(3,4)5/h7H,1-6H3;/q+1;-1. The third-order valence-corrected chi connectivity index (χ3v) is 1.86. The number of hydrogen-bond donors (Lipinski definition) is 0. The van der Waals surface area contributed by atoms with Gasteiger partial charge in [-0.05, 0) is 25.6 Å². The lowest BCUT2D eigenvalue weighted by Crippen LogP contribution is -2.37. The van der Waals surface area contributed by atoms with E-state index >= 15 is 0 Å². The zero-order valence-corrected chi connectivity index (χ0v) is 11.5. The third-order valence-electron chi connectivity index (χ3n) is 1.86. The second-order valence-corrected chi connectivity index (χ2v) is 5.18. The van der Waals surface area contributed by atoms with E-state index in [0.29, 0.717) is 5.92 Å². The highest BCUT2D eigenvalue weighted by atomic mass is 19.5. The van der Waals surface area contributed by atoms with Crippen LogP contribution in [0.2, 0.25) is 0 Å². The number of nitrogens with zero attached hydrogens (tertiary/aromatic N) is 4. The molecule has 0 radical (unpaired) electrons. The largest absolute Gasteiger partial charge is 0.673 e. The molecular formula is C9H19BF4N4. The lowest BCUT2D eigenvalue weighted by Gasteiger charge is -2.07. The predicted octanol–water partition coefficient (Wildman–Crippen LogP) is 2.28. The molecule has 0 atom stereocenters. The van der Waals surface area contributed by atoms with Gasteiger partial charge in [0.2, 0.25) is 0 Å². The van der Waals surface area contributed by atoms with Gasteiger partial charge in [-0.3, -0.25) is 0 Å². The van der Waals surface area contributed by atoms with Crippen LogP contribution in [0.25, 0.3) is 0 Å². The number of hydrogen-bond acceptors (Lipinski definition) is 2. The van der Waals surface area contributed by atoms with Crippen LogP contribution < -0.4 is 4.68 Å². The summed E-state index contributed by atoms with van der Waals surface area (Å²) in [4.78, 5) is 1.77. The van der Waals surface area contributed by atoms with E-state index in [1.807, 2.05) is 11.7 Å². The maximum absolute atomic E-state index is 9.75. The first-order valence-corrected chi connectivity index (χ1v) is 5.53. The van der Waals surface area contributed by atoms with E-state index in [1.165, 1.54) is 0 Å². The summed E-state index contributed by atoms with van der Waals surface area (Å²) >= 11 is 0. The average molecular weight is 270 g/mol. The molecule has 0 fully saturated rings. The van der Waals surface area contributed by atoms with Crippen molar-refractivity contribution < 1.29 is 21.9 Å². The van der Waals surface area contributed by atoms with Crippen molar-refractivity contribution in [2.24, 2.45) is 7.05 Å². The minimum absolute atomic E-state index is 0.0368. The van der Waals surface area contributed by atoms with Gasteiger partial charge in [-0.25, -0.2) is 0 Å². The van der Waals surface area contributed by atoms with Crippen molar-refractivity contribution >= 4 is 7.25 Å². The molecule has 0 aromatic carbocycles. The molecule has 0 aliphatic carbocycles. The Balaban J connectivity index is 0.000000494. The first-order chi connectivity index (χ1) is 7.82. The number of tetrazole rings is 1. The van der Waals surface area contributed by atoms with Gasteiger partial charge in [0.15, 0.2) is 0 Å². The van der Waals surface area contributed by atoms with Crippen LogP contribution in [0.3, 0.4) is 0 Å². The van der Waals surface area contributed by atoms with Crippen LogP contribution >= 0.6 is 0 Å². The second-order valence-electron chi connectivity index (χ2n) is 5.18.